The number of unbranched alkanes of at least 4 members (excludes halogenated alkanes) is 6. The molecular weight excluding hydrogens is 318 g/mol. The first-order valence-electron chi connectivity index (χ1n) is 7.49. The third kappa shape index (κ3) is 13.6. The highest BCUT2D eigenvalue weighted by Crippen LogP contribution is 2.61. The Hall–Kier alpha value is 0.260. The maximum absolute atomic E-state index is 12.1. The molecule has 0 saturated carbocycles. The lowest BCUT2D eigenvalue weighted by Crippen LogP contribution is -2.02. The third-order valence-electron chi connectivity index (χ3n) is 2.70. The lowest BCUT2D eigenvalue weighted by Gasteiger charge is -2.18. The maximum Gasteiger partial charge on any atom is 0.483 e. The minimum atomic E-state index is -4.92. The summed E-state index contributed by atoms with van der Waals surface area (Å²) in [5.74, 6) is 0. The van der Waals surface area contributed by atoms with Crippen LogP contribution < -0.4 is 0 Å². The molecule has 0 bridgehead atoms. The highest BCUT2D eigenvalue weighted by molar-refractivity contribution is 7.61. The highest BCUT2D eigenvalue weighted by Gasteiger charge is 2.35. The Morgan fingerprint density at radius 3 is 1.76 bits per heavy atom. The summed E-state index contributed by atoms with van der Waals surface area (Å²) in [6.07, 6.45) is 7.49. The van der Waals surface area contributed by atoms with E-state index in [1.807, 2.05) is 6.92 Å². The molecule has 7 nitrogen and oxygen atoms in total. The Bertz CT molecular complexity index is 342. The van der Waals surface area contributed by atoms with Crippen molar-refractivity contribution in [1.29, 1.82) is 0 Å². The van der Waals surface area contributed by atoms with Crippen molar-refractivity contribution in [2.75, 3.05) is 13.2 Å². The van der Waals surface area contributed by atoms with E-state index in [-0.39, 0.29) is 13.2 Å². The standard InChI is InChI=1S/C12H28O7P2/c1-3-5-7-8-9-10-12-18-21(16,17-11-6-4-2)19-20(13,14)15/h3-12H2,1-2H3,(H2,13,14,15). The second-order valence-electron chi connectivity index (χ2n) is 4.81. The molecule has 9 heteroatoms. The van der Waals surface area contributed by atoms with Gasteiger partial charge in [0.15, 0.2) is 0 Å². The molecule has 0 aliphatic rings. The summed E-state index contributed by atoms with van der Waals surface area (Å²) in [6, 6.07) is 0. The van der Waals surface area contributed by atoms with Crippen molar-refractivity contribution >= 4 is 15.6 Å². The lowest BCUT2D eigenvalue weighted by atomic mass is 10.1. The van der Waals surface area contributed by atoms with E-state index in [4.69, 9.17) is 18.8 Å². The van der Waals surface area contributed by atoms with Crippen molar-refractivity contribution in [3.63, 3.8) is 0 Å². The predicted octanol–water partition coefficient (Wildman–Crippen LogP) is 4.40. The molecule has 0 radical (unpaired) electrons. The van der Waals surface area contributed by atoms with E-state index in [0.29, 0.717) is 12.8 Å². The average Bonchev–Trinajstić information content (AvgIpc) is 2.36. The van der Waals surface area contributed by atoms with Crippen molar-refractivity contribution in [1.82, 2.24) is 0 Å². The molecule has 128 valence electrons. The van der Waals surface area contributed by atoms with E-state index in [1.54, 1.807) is 0 Å². The van der Waals surface area contributed by atoms with E-state index >= 15 is 0 Å². The molecule has 0 spiro atoms. The fourth-order valence-electron chi connectivity index (χ4n) is 1.59. The van der Waals surface area contributed by atoms with Gasteiger partial charge in [-0.25, -0.2) is 9.13 Å². The van der Waals surface area contributed by atoms with E-state index in [2.05, 4.69) is 11.2 Å². The molecule has 0 aliphatic heterocycles. The minimum Gasteiger partial charge on any atom is -0.302 e. The maximum atomic E-state index is 12.1. The SMILES string of the molecule is CCCCCCCCOP(=O)(OCCCC)OP(=O)(O)O. The Morgan fingerprint density at radius 2 is 1.24 bits per heavy atom. The molecule has 0 heterocycles. The summed E-state index contributed by atoms with van der Waals surface area (Å²) < 4.78 is 37.0. The second-order valence-corrected chi connectivity index (χ2v) is 7.85. The normalized spacial score (nSPS) is 15.0. The molecule has 0 rings (SSSR count). The quantitative estimate of drug-likeness (QED) is 0.355. The van der Waals surface area contributed by atoms with Crippen molar-refractivity contribution in [3.05, 3.63) is 0 Å². The molecule has 2 N–H and O–H groups in total. The number of phosphoric ester groups is 1. The van der Waals surface area contributed by atoms with Crippen LogP contribution in [-0.4, -0.2) is 23.0 Å². The van der Waals surface area contributed by atoms with Gasteiger partial charge in [0.25, 0.3) is 0 Å². The van der Waals surface area contributed by atoms with Gasteiger partial charge >= 0.3 is 15.6 Å². The third-order valence-corrected chi connectivity index (χ3v) is 5.35. The first-order valence-corrected chi connectivity index (χ1v) is 10.5. The van der Waals surface area contributed by atoms with E-state index < -0.39 is 15.6 Å². The van der Waals surface area contributed by atoms with E-state index in [0.717, 1.165) is 32.1 Å². The Morgan fingerprint density at radius 1 is 0.762 bits per heavy atom. The van der Waals surface area contributed by atoms with Crippen LogP contribution in [0.2, 0.25) is 0 Å². The van der Waals surface area contributed by atoms with Crippen LogP contribution in [0.5, 0.6) is 0 Å². The molecule has 0 saturated heterocycles. The topological polar surface area (TPSA) is 102 Å². The zero-order valence-electron chi connectivity index (χ0n) is 12.9. The number of hydrogen-bond donors (Lipinski definition) is 2. The van der Waals surface area contributed by atoms with Crippen LogP contribution in [0.4, 0.5) is 0 Å². The van der Waals surface area contributed by atoms with Gasteiger partial charge < -0.3 is 9.79 Å². The summed E-state index contributed by atoms with van der Waals surface area (Å²) in [4.78, 5) is 17.5. The fraction of sp³-hybridized carbons (Fsp3) is 1.00. The van der Waals surface area contributed by atoms with Crippen LogP contribution in [0.3, 0.4) is 0 Å². The Labute approximate surface area is 127 Å². The van der Waals surface area contributed by atoms with Gasteiger partial charge in [-0.3, -0.25) is 9.05 Å². The van der Waals surface area contributed by atoms with Crippen LogP contribution in [0, 0.1) is 0 Å². The van der Waals surface area contributed by atoms with Gasteiger partial charge in [-0.2, -0.15) is 4.31 Å². The van der Waals surface area contributed by atoms with Gasteiger partial charge in [0.1, 0.15) is 0 Å². The minimum absolute atomic E-state index is 0.0737. The molecule has 0 fully saturated rings. The summed E-state index contributed by atoms with van der Waals surface area (Å²) >= 11 is 0. The molecule has 1 atom stereocenters. The molecule has 1 unspecified atom stereocenters. The number of rotatable bonds is 14. The van der Waals surface area contributed by atoms with Crippen LogP contribution in [0.25, 0.3) is 0 Å². The summed E-state index contributed by atoms with van der Waals surface area (Å²) in [5, 5.41) is 0. The largest absolute Gasteiger partial charge is 0.483 e. The average molecular weight is 346 g/mol. The number of hydrogen-bond acceptors (Lipinski definition) is 5. The van der Waals surface area contributed by atoms with Crippen molar-refractivity contribution in [2.45, 2.75) is 65.2 Å². The first kappa shape index (κ1) is 21.3. The lowest BCUT2D eigenvalue weighted by molar-refractivity contribution is 0.136. The predicted molar refractivity (Wildman–Crippen MR) is 80.9 cm³/mol. The van der Waals surface area contributed by atoms with Gasteiger partial charge in [0.05, 0.1) is 13.2 Å². The van der Waals surface area contributed by atoms with Gasteiger partial charge in [0.2, 0.25) is 0 Å². The first-order chi connectivity index (χ1) is 9.83. The molecule has 0 aliphatic carbocycles. The van der Waals surface area contributed by atoms with Crippen molar-refractivity contribution in [2.24, 2.45) is 0 Å². The summed E-state index contributed by atoms with van der Waals surface area (Å²) in [6.45, 7) is 4.21. The smallest absolute Gasteiger partial charge is 0.302 e. The van der Waals surface area contributed by atoms with Crippen LogP contribution in [0.1, 0.15) is 65.2 Å². The van der Waals surface area contributed by atoms with Gasteiger partial charge in [-0.1, -0.05) is 52.4 Å². The van der Waals surface area contributed by atoms with E-state index in [1.165, 1.54) is 6.42 Å². The van der Waals surface area contributed by atoms with Crippen LogP contribution in [-0.2, 0) is 22.5 Å². The molecule has 0 aromatic heterocycles. The van der Waals surface area contributed by atoms with Gasteiger partial charge in [0, 0.05) is 0 Å². The highest BCUT2D eigenvalue weighted by atomic mass is 31.3. The molecule has 21 heavy (non-hydrogen) atoms. The summed E-state index contributed by atoms with van der Waals surface area (Å²) in [5.41, 5.74) is 0. The number of phosphoric acid groups is 2. The van der Waals surface area contributed by atoms with Crippen molar-refractivity contribution < 1.29 is 32.3 Å². The van der Waals surface area contributed by atoms with Gasteiger partial charge in [-0.15, -0.1) is 0 Å². The Balaban J connectivity index is 4.10. The van der Waals surface area contributed by atoms with Crippen molar-refractivity contribution in [3.8, 4) is 0 Å². The van der Waals surface area contributed by atoms with E-state index in [9.17, 15) is 9.13 Å². The zero-order valence-corrected chi connectivity index (χ0v) is 14.7. The van der Waals surface area contributed by atoms with Crippen LogP contribution >= 0.6 is 15.6 Å². The Kier molecular flexibility index (Phi) is 11.9. The fourth-order valence-corrected chi connectivity index (χ4v) is 3.79. The summed E-state index contributed by atoms with van der Waals surface area (Å²) in [7, 11) is -9.11. The van der Waals surface area contributed by atoms with Gasteiger partial charge in [-0.05, 0) is 12.8 Å². The van der Waals surface area contributed by atoms with Crippen LogP contribution in [0.15, 0.2) is 0 Å². The molecule has 0 aromatic rings. The molecule has 0 amide bonds. The zero-order chi connectivity index (χ0) is 16.2. The monoisotopic (exact) mass is 346 g/mol. The molecular formula is C12H28O7P2. The molecule has 0 aromatic carbocycles. The second kappa shape index (κ2) is 11.8.